The summed E-state index contributed by atoms with van der Waals surface area (Å²) in [6.45, 7) is 6.38. The van der Waals surface area contributed by atoms with Crippen molar-refractivity contribution in [2.24, 2.45) is 4.99 Å². The zero-order valence-electron chi connectivity index (χ0n) is 15.9. The fourth-order valence-electron chi connectivity index (χ4n) is 2.61. The molecule has 1 aliphatic rings. The van der Waals surface area contributed by atoms with Gasteiger partial charge in [0.15, 0.2) is 5.96 Å². The monoisotopic (exact) mass is 522 g/mol. The van der Waals surface area contributed by atoms with E-state index in [-0.39, 0.29) is 36.4 Å². The van der Waals surface area contributed by atoms with Gasteiger partial charge in [-0.1, -0.05) is 17.7 Å². The van der Waals surface area contributed by atoms with E-state index in [0.717, 1.165) is 36.9 Å². The molecule has 0 aromatic heterocycles. The average Bonchev–Trinajstić information content (AvgIpc) is 2.64. The van der Waals surface area contributed by atoms with Crippen LogP contribution in [0.5, 0.6) is 0 Å². The lowest BCUT2D eigenvalue weighted by Gasteiger charge is -2.34. The first kappa shape index (κ1) is 24.1. The summed E-state index contributed by atoms with van der Waals surface area (Å²) in [5, 5.41) is 4.62. The predicted molar refractivity (Wildman–Crippen MR) is 127 cm³/mol. The normalized spacial score (nSPS) is 15.1. The number of amides is 1. The SMILES string of the molecule is C=CCNC(=NCC(=O)N(C)C)N1CCC(Sc2ccc(Cl)cc2)CC1.I. The number of aliphatic imine (C=N–C) groups is 1. The van der Waals surface area contributed by atoms with Crippen LogP contribution in [0.3, 0.4) is 0 Å². The Balaban J connectivity index is 0.00000364. The number of rotatable bonds is 6. The molecule has 1 aromatic rings. The number of likely N-dealkylation sites (tertiary alicyclic amines) is 1. The Morgan fingerprint density at radius 2 is 2.00 bits per heavy atom. The van der Waals surface area contributed by atoms with Gasteiger partial charge in [0, 0.05) is 48.9 Å². The summed E-state index contributed by atoms with van der Waals surface area (Å²) in [7, 11) is 3.49. The van der Waals surface area contributed by atoms with Gasteiger partial charge in [-0.25, -0.2) is 4.99 Å². The quantitative estimate of drug-likeness (QED) is 0.268. The highest BCUT2D eigenvalue weighted by Gasteiger charge is 2.22. The molecule has 0 aliphatic carbocycles. The lowest BCUT2D eigenvalue weighted by molar-refractivity contribution is -0.127. The van der Waals surface area contributed by atoms with Crippen LogP contribution in [0.15, 0.2) is 46.8 Å². The molecule has 27 heavy (non-hydrogen) atoms. The summed E-state index contributed by atoms with van der Waals surface area (Å²) in [5.74, 6) is 0.783. The molecule has 150 valence electrons. The number of guanidine groups is 1. The van der Waals surface area contributed by atoms with Crippen LogP contribution >= 0.6 is 47.3 Å². The molecular formula is C19H28ClIN4OS. The second-order valence-corrected chi connectivity index (χ2v) is 8.17. The maximum atomic E-state index is 11.8. The van der Waals surface area contributed by atoms with E-state index >= 15 is 0 Å². The molecule has 0 saturated carbocycles. The van der Waals surface area contributed by atoms with Crippen LogP contribution in [0.4, 0.5) is 0 Å². The van der Waals surface area contributed by atoms with Gasteiger partial charge >= 0.3 is 0 Å². The van der Waals surface area contributed by atoms with E-state index in [4.69, 9.17) is 11.6 Å². The van der Waals surface area contributed by atoms with E-state index in [1.54, 1.807) is 25.1 Å². The number of carbonyl (C=O) groups is 1. The molecule has 1 aromatic carbocycles. The molecule has 8 heteroatoms. The van der Waals surface area contributed by atoms with Gasteiger partial charge < -0.3 is 15.1 Å². The van der Waals surface area contributed by atoms with Gasteiger partial charge in [0.05, 0.1) is 0 Å². The first-order valence-electron chi connectivity index (χ1n) is 8.76. The van der Waals surface area contributed by atoms with E-state index in [1.807, 2.05) is 23.9 Å². The smallest absolute Gasteiger partial charge is 0.243 e. The second kappa shape index (κ2) is 12.5. The molecule has 0 atom stereocenters. The molecule has 1 fully saturated rings. The standard InChI is InChI=1S/C19H27ClN4OS.HI/c1-4-11-21-19(22-14-18(25)23(2)3)24-12-9-17(10-13-24)26-16-7-5-15(20)6-8-16;/h4-8,17H,1,9-14H2,2-3H3,(H,21,22);1H. The molecule has 2 rings (SSSR count). The van der Waals surface area contributed by atoms with Crippen LogP contribution in [0.2, 0.25) is 5.02 Å². The number of benzene rings is 1. The largest absolute Gasteiger partial charge is 0.353 e. The highest BCUT2D eigenvalue weighted by atomic mass is 127. The van der Waals surface area contributed by atoms with Crippen LogP contribution in [-0.2, 0) is 4.79 Å². The van der Waals surface area contributed by atoms with Crippen molar-refractivity contribution in [2.75, 3.05) is 40.3 Å². The van der Waals surface area contributed by atoms with Crippen molar-refractivity contribution < 1.29 is 4.79 Å². The fourth-order valence-corrected chi connectivity index (χ4v) is 3.86. The number of likely N-dealkylation sites (N-methyl/N-ethyl adjacent to an activating group) is 1. The Bertz CT molecular complexity index is 631. The lowest BCUT2D eigenvalue weighted by atomic mass is 10.1. The molecule has 1 saturated heterocycles. The van der Waals surface area contributed by atoms with Gasteiger partial charge in [0.1, 0.15) is 6.54 Å². The number of nitrogens with zero attached hydrogens (tertiary/aromatic N) is 3. The number of carbonyl (C=O) groups excluding carboxylic acids is 1. The molecule has 1 heterocycles. The molecular weight excluding hydrogens is 495 g/mol. The summed E-state index contributed by atoms with van der Waals surface area (Å²) in [6, 6.07) is 8.02. The molecule has 1 N–H and O–H groups in total. The molecule has 1 amide bonds. The van der Waals surface area contributed by atoms with Crippen molar-refractivity contribution in [3.63, 3.8) is 0 Å². The first-order chi connectivity index (χ1) is 12.5. The van der Waals surface area contributed by atoms with Crippen molar-refractivity contribution in [2.45, 2.75) is 23.0 Å². The molecule has 0 radical (unpaired) electrons. The van der Waals surface area contributed by atoms with Gasteiger partial charge in [0.25, 0.3) is 0 Å². The molecule has 0 unspecified atom stereocenters. The molecule has 5 nitrogen and oxygen atoms in total. The van der Waals surface area contributed by atoms with Crippen molar-refractivity contribution in [1.82, 2.24) is 15.1 Å². The van der Waals surface area contributed by atoms with E-state index in [1.165, 1.54) is 4.90 Å². The van der Waals surface area contributed by atoms with Crippen molar-refractivity contribution in [3.05, 3.63) is 41.9 Å². The third-order valence-electron chi connectivity index (χ3n) is 4.13. The van der Waals surface area contributed by atoms with E-state index in [2.05, 4.69) is 33.9 Å². The highest BCUT2D eigenvalue weighted by Crippen LogP contribution is 2.31. The number of piperidine rings is 1. The summed E-state index contributed by atoms with van der Waals surface area (Å²) >= 11 is 7.86. The first-order valence-corrected chi connectivity index (χ1v) is 10.0. The number of nitrogens with one attached hydrogen (secondary N) is 1. The van der Waals surface area contributed by atoms with Gasteiger partial charge in [0.2, 0.25) is 5.91 Å². The third kappa shape index (κ3) is 8.31. The Morgan fingerprint density at radius 3 is 2.56 bits per heavy atom. The highest BCUT2D eigenvalue weighted by molar-refractivity contribution is 14.0. The van der Waals surface area contributed by atoms with E-state index in [0.29, 0.717) is 11.8 Å². The van der Waals surface area contributed by atoms with E-state index in [9.17, 15) is 4.79 Å². The summed E-state index contributed by atoms with van der Waals surface area (Å²) in [4.78, 5) is 21.4. The maximum absolute atomic E-state index is 11.8. The minimum Gasteiger partial charge on any atom is -0.353 e. The van der Waals surface area contributed by atoms with Gasteiger partial charge in [-0.15, -0.1) is 42.3 Å². The molecule has 0 spiro atoms. The number of hydrogen-bond acceptors (Lipinski definition) is 3. The minimum atomic E-state index is -0.00363. The summed E-state index contributed by atoms with van der Waals surface area (Å²) in [6.07, 6.45) is 3.94. The summed E-state index contributed by atoms with van der Waals surface area (Å²) in [5.41, 5.74) is 0. The average molecular weight is 523 g/mol. The van der Waals surface area contributed by atoms with Crippen LogP contribution < -0.4 is 5.32 Å². The Kier molecular flexibility index (Phi) is 11.2. The Labute approximate surface area is 188 Å². The van der Waals surface area contributed by atoms with Gasteiger partial charge in [-0.05, 0) is 37.1 Å². The topological polar surface area (TPSA) is 47.9 Å². The molecule has 0 bridgehead atoms. The van der Waals surface area contributed by atoms with Crippen LogP contribution in [-0.4, -0.2) is 67.2 Å². The number of thioether (sulfide) groups is 1. The van der Waals surface area contributed by atoms with Gasteiger partial charge in [-0.2, -0.15) is 0 Å². The summed E-state index contributed by atoms with van der Waals surface area (Å²) < 4.78 is 0. The minimum absolute atomic E-state index is 0. The van der Waals surface area contributed by atoms with Crippen molar-refractivity contribution >= 4 is 59.2 Å². The Morgan fingerprint density at radius 1 is 1.37 bits per heavy atom. The maximum Gasteiger partial charge on any atom is 0.243 e. The lowest BCUT2D eigenvalue weighted by Crippen LogP contribution is -2.46. The zero-order valence-corrected chi connectivity index (χ0v) is 19.8. The Hall–Kier alpha value is -0.930. The fraction of sp³-hybridized carbons (Fsp3) is 0.474. The third-order valence-corrected chi connectivity index (χ3v) is 5.73. The second-order valence-electron chi connectivity index (χ2n) is 6.36. The number of hydrogen-bond donors (Lipinski definition) is 1. The van der Waals surface area contributed by atoms with Gasteiger partial charge in [-0.3, -0.25) is 4.79 Å². The van der Waals surface area contributed by atoms with E-state index < -0.39 is 0 Å². The van der Waals surface area contributed by atoms with Crippen LogP contribution in [0.1, 0.15) is 12.8 Å². The van der Waals surface area contributed by atoms with Crippen LogP contribution in [0.25, 0.3) is 0 Å². The molecule has 1 aliphatic heterocycles. The van der Waals surface area contributed by atoms with Crippen molar-refractivity contribution in [1.29, 1.82) is 0 Å². The predicted octanol–water partition coefficient (Wildman–Crippen LogP) is 3.73. The van der Waals surface area contributed by atoms with Crippen molar-refractivity contribution in [3.8, 4) is 0 Å². The van der Waals surface area contributed by atoms with Crippen LogP contribution in [0, 0.1) is 0 Å². The number of halogens is 2. The zero-order chi connectivity index (χ0) is 18.9.